The van der Waals surface area contributed by atoms with Crippen molar-refractivity contribution in [2.45, 2.75) is 6.92 Å². The van der Waals surface area contributed by atoms with Gasteiger partial charge < -0.3 is 10.6 Å². The molecule has 0 atom stereocenters. The first kappa shape index (κ1) is 13.3. The number of amides is 2. The molecular weight excluding hydrogens is 269 g/mol. The van der Waals surface area contributed by atoms with Gasteiger partial charge in [0.05, 0.1) is 11.9 Å². The summed E-state index contributed by atoms with van der Waals surface area (Å²) in [7, 11) is 0. The molecule has 0 fully saturated rings. The number of anilines is 2. The van der Waals surface area contributed by atoms with Crippen molar-refractivity contribution in [3.05, 3.63) is 53.1 Å². The van der Waals surface area contributed by atoms with Crippen molar-refractivity contribution in [3.63, 3.8) is 0 Å². The van der Waals surface area contributed by atoms with Gasteiger partial charge in [-0.25, -0.2) is 14.2 Å². The molecule has 1 aromatic heterocycles. The SMILES string of the molecule is Cc1ccc(NC(=O)Nc2ccc(Cl)nc2)cc1F. The van der Waals surface area contributed by atoms with Crippen molar-refractivity contribution in [2.75, 3.05) is 10.6 Å². The largest absolute Gasteiger partial charge is 0.323 e. The lowest BCUT2D eigenvalue weighted by Crippen LogP contribution is -2.19. The number of nitrogens with one attached hydrogen (secondary N) is 2. The van der Waals surface area contributed by atoms with Gasteiger partial charge in [-0.3, -0.25) is 0 Å². The van der Waals surface area contributed by atoms with Crippen LogP contribution in [0.3, 0.4) is 0 Å². The molecule has 2 aromatic rings. The molecule has 19 heavy (non-hydrogen) atoms. The Balaban J connectivity index is 2.01. The van der Waals surface area contributed by atoms with Gasteiger partial charge in [0, 0.05) is 5.69 Å². The monoisotopic (exact) mass is 279 g/mol. The fourth-order valence-corrected chi connectivity index (χ4v) is 1.53. The molecule has 0 aliphatic carbocycles. The molecule has 6 heteroatoms. The first-order chi connectivity index (χ1) is 9.04. The van der Waals surface area contributed by atoms with E-state index in [4.69, 9.17) is 11.6 Å². The number of carbonyl (C=O) groups is 1. The number of pyridine rings is 1. The molecule has 2 amide bonds. The molecule has 0 saturated carbocycles. The molecule has 98 valence electrons. The van der Waals surface area contributed by atoms with E-state index in [9.17, 15) is 9.18 Å². The minimum absolute atomic E-state index is 0.339. The molecule has 2 N–H and O–H groups in total. The lowest BCUT2D eigenvalue weighted by Gasteiger charge is -2.08. The molecule has 0 radical (unpaired) electrons. The Morgan fingerprint density at radius 2 is 1.89 bits per heavy atom. The summed E-state index contributed by atoms with van der Waals surface area (Å²) < 4.78 is 13.3. The number of halogens is 2. The Labute approximate surface area is 114 Å². The Hall–Kier alpha value is -2.14. The van der Waals surface area contributed by atoms with Gasteiger partial charge in [0.2, 0.25) is 0 Å². The maximum atomic E-state index is 13.3. The molecule has 1 heterocycles. The maximum absolute atomic E-state index is 13.3. The summed E-state index contributed by atoms with van der Waals surface area (Å²) in [6.07, 6.45) is 1.43. The third-order valence-corrected chi connectivity index (χ3v) is 2.64. The number of nitrogens with zero attached hydrogens (tertiary/aromatic N) is 1. The predicted octanol–water partition coefficient (Wildman–Crippen LogP) is 3.83. The molecule has 1 aromatic carbocycles. The van der Waals surface area contributed by atoms with Crippen LogP contribution >= 0.6 is 11.6 Å². The standard InChI is InChI=1S/C13H11ClFN3O/c1-8-2-3-9(6-11(8)15)17-13(19)18-10-4-5-12(14)16-7-10/h2-7H,1H3,(H2,17,18,19). The van der Waals surface area contributed by atoms with E-state index in [1.165, 1.54) is 12.3 Å². The number of aryl methyl sites for hydroxylation is 1. The van der Waals surface area contributed by atoms with Crippen molar-refractivity contribution < 1.29 is 9.18 Å². The summed E-state index contributed by atoms with van der Waals surface area (Å²) >= 11 is 5.63. The second kappa shape index (κ2) is 5.67. The van der Waals surface area contributed by atoms with Gasteiger partial charge in [-0.05, 0) is 36.8 Å². The fraction of sp³-hybridized carbons (Fsp3) is 0.0769. The highest BCUT2D eigenvalue weighted by molar-refractivity contribution is 6.29. The molecule has 2 rings (SSSR count). The molecule has 0 saturated heterocycles. The van der Waals surface area contributed by atoms with Crippen LogP contribution in [0.5, 0.6) is 0 Å². The van der Waals surface area contributed by atoms with Gasteiger partial charge in [-0.1, -0.05) is 17.7 Å². The average Bonchev–Trinajstić information content (AvgIpc) is 2.37. The topological polar surface area (TPSA) is 54.0 Å². The second-order valence-electron chi connectivity index (χ2n) is 3.91. The maximum Gasteiger partial charge on any atom is 0.323 e. The minimum atomic E-state index is -0.479. The molecule has 0 bridgehead atoms. The molecular formula is C13H11ClFN3O. The third kappa shape index (κ3) is 3.66. The van der Waals surface area contributed by atoms with Crippen molar-refractivity contribution in [1.82, 2.24) is 4.98 Å². The molecule has 0 spiro atoms. The van der Waals surface area contributed by atoms with E-state index in [1.807, 2.05) is 0 Å². The zero-order valence-electron chi connectivity index (χ0n) is 10.1. The van der Waals surface area contributed by atoms with Crippen LogP contribution in [0, 0.1) is 12.7 Å². The number of rotatable bonds is 2. The van der Waals surface area contributed by atoms with Gasteiger partial charge in [0.1, 0.15) is 11.0 Å². The van der Waals surface area contributed by atoms with E-state index < -0.39 is 6.03 Å². The second-order valence-corrected chi connectivity index (χ2v) is 4.30. The molecule has 4 nitrogen and oxygen atoms in total. The zero-order chi connectivity index (χ0) is 13.8. The number of aromatic nitrogens is 1. The minimum Gasteiger partial charge on any atom is -0.308 e. The molecule has 0 unspecified atom stereocenters. The van der Waals surface area contributed by atoms with Crippen LogP contribution in [0.25, 0.3) is 0 Å². The van der Waals surface area contributed by atoms with Crippen LogP contribution in [0.15, 0.2) is 36.5 Å². The van der Waals surface area contributed by atoms with Crippen LogP contribution in [-0.2, 0) is 0 Å². The first-order valence-electron chi connectivity index (χ1n) is 5.50. The van der Waals surface area contributed by atoms with E-state index in [-0.39, 0.29) is 5.82 Å². The Morgan fingerprint density at radius 1 is 1.21 bits per heavy atom. The lowest BCUT2D eigenvalue weighted by atomic mass is 10.2. The van der Waals surface area contributed by atoms with Gasteiger partial charge in [0.15, 0.2) is 0 Å². The third-order valence-electron chi connectivity index (χ3n) is 2.41. The number of hydrogen-bond acceptors (Lipinski definition) is 2. The van der Waals surface area contributed by atoms with Crippen LogP contribution in [0.2, 0.25) is 5.15 Å². The summed E-state index contributed by atoms with van der Waals surface area (Å²) in [5.74, 6) is -0.369. The highest BCUT2D eigenvalue weighted by atomic mass is 35.5. The fourth-order valence-electron chi connectivity index (χ4n) is 1.41. The van der Waals surface area contributed by atoms with Crippen LogP contribution < -0.4 is 10.6 Å². The summed E-state index contributed by atoms with van der Waals surface area (Å²) in [6, 6.07) is 7.17. The van der Waals surface area contributed by atoms with Crippen molar-refractivity contribution in [1.29, 1.82) is 0 Å². The predicted molar refractivity (Wildman–Crippen MR) is 73.0 cm³/mol. The Bertz CT molecular complexity index is 601. The summed E-state index contributed by atoms with van der Waals surface area (Å²) in [5.41, 5.74) is 1.39. The normalized spacial score (nSPS) is 10.1. The molecule has 0 aliphatic heterocycles. The lowest BCUT2D eigenvalue weighted by molar-refractivity contribution is 0.262. The van der Waals surface area contributed by atoms with E-state index >= 15 is 0 Å². The van der Waals surface area contributed by atoms with E-state index in [0.717, 1.165) is 0 Å². The van der Waals surface area contributed by atoms with Gasteiger partial charge >= 0.3 is 6.03 Å². The number of benzene rings is 1. The Kier molecular flexibility index (Phi) is 3.97. The Morgan fingerprint density at radius 3 is 2.53 bits per heavy atom. The number of urea groups is 1. The smallest absolute Gasteiger partial charge is 0.308 e. The number of carbonyl (C=O) groups excluding carboxylic acids is 1. The highest BCUT2D eigenvalue weighted by Crippen LogP contribution is 2.14. The van der Waals surface area contributed by atoms with E-state index in [1.54, 1.807) is 31.2 Å². The van der Waals surface area contributed by atoms with Gasteiger partial charge in [-0.2, -0.15) is 0 Å². The zero-order valence-corrected chi connectivity index (χ0v) is 10.8. The quantitative estimate of drug-likeness (QED) is 0.821. The van der Waals surface area contributed by atoms with Crippen molar-refractivity contribution in [3.8, 4) is 0 Å². The van der Waals surface area contributed by atoms with Gasteiger partial charge in [0.25, 0.3) is 0 Å². The highest BCUT2D eigenvalue weighted by Gasteiger charge is 2.05. The molecule has 0 aliphatic rings. The van der Waals surface area contributed by atoms with Gasteiger partial charge in [-0.15, -0.1) is 0 Å². The first-order valence-corrected chi connectivity index (χ1v) is 5.88. The average molecular weight is 280 g/mol. The number of hydrogen-bond donors (Lipinski definition) is 2. The van der Waals surface area contributed by atoms with Crippen LogP contribution in [0.1, 0.15) is 5.56 Å². The van der Waals surface area contributed by atoms with E-state index in [2.05, 4.69) is 15.6 Å². The van der Waals surface area contributed by atoms with Crippen molar-refractivity contribution >= 4 is 29.0 Å². The van der Waals surface area contributed by atoms with Crippen molar-refractivity contribution in [2.24, 2.45) is 0 Å². The summed E-state index contributed by atoms with van der Waals surface area (Å²) in [4.78, 5) is 15.5. The summed E-state index contributed by atoms with van der Waals surface area (Å²) in [5, 5.41) is 5.42. The summed E-state index contributed by atoms with van der Waals surface area (Å²) in [6.45, 7) is 1.65. The van der Waals surface area contributed by atoms with Crippen LogP contribution in [-0.4, -0.2) is 11.0 Å². The van der Waals surface area contributed by atoms with E-state index in [0.29, 0.717) is 22.1 Å². The van der Waals surface area contributed by atoms with Crippen LogP contribution in [0.4, 0.5) is 20.6 Å².